The number of aromatic carboxylic acids is 1. The summed E-state index contributed by atoms with van der Waals surface area (Å²) in [7, 11) is 0. The van der Waals surface area contributed by atoms with Gasteiger partial charge in [0, 0.05) is 0 Å². The van der Waals surface area contributed by atoms with Crippen LogP contribution in [0.15, 0.2) is 34.0 Å². The SMILES string of the molecule is Nc1nc2nonc2nc1NN=Cc1ccc(C(=O)O)cc1. The predicted molar refractivity (Wildman–Crippen MR) is 76.4 cm³/mol. The molecule has 0 aliphatic rings. The summed E-state index contributed by atoms with van der Waals surface area (Å²) in [6.45, 7) is 0. The summed E-state index contributed by atoms with van der Waals surface area (Å²) in [5.74, 6) is -0.678. The van der Waals surface area contributed by atoms with Crippen molar-refractivity contribution in [1.29, 1.82) is 0 Å². The first-order valence-corrected chi connectivity index (χ1v) is 6.02. The van der Waals surface area contributed by atoms with E-state index in [0.717, 1.165) is 0 Å². The molecule has 0 aliphatic heterocycles. The molecule has 110 valence electrons. The minimum absolute atomic E-state index is 0.0987. The number of carboxylic acids is 1. The van der Waals surface area contributed by atoms with Crippen LogP contribution in [0, 0.1) is 0 Å². The van der Waals surface area contributed by atoms with Crippen LogP contribution in [0.25, 0.3) is 11.3 Å². The Hall–Kier alpha value is -3.56. The van der Waals surface area contributed by atoms with Crippen LogP contribution in [-0.4, -0.2) is 37.6 Å². The van der Waals surface area contributed by atoms with E-state index in [-0.39, 0.29) is 28.5 Å². The van der Waals surface area contributed by atoms with Gasteiger partial charge >= 0.3 is 5.97 Å². The third-order valence-corrected chi connectivity index (χ3v) is 2.68. The zero-order chi connectivity index (χ0) is 15.5. The minimum atomic E-state index is -0.987. The molecular formula is C12H9N7O3. The zero-order valence-electron chi connectivity index (χ0n) is 11.0. The Morgan fingerprint density at radius 1 is 1.23 bits per heavy atom. The molecule has 2 heterocycles. The molecule has 0 saturated heterocycles. The van der Waals surface area contributed by atoms with Crippen molar-refractivity contribution in [2.45, 2.75) is 0 Å². The summed E-state index contributed by atoms with van der Waals surface area (Å²) in [5, 5.41) is 19.8. The van der Waals surface area contributed by atoms with E-state index in [9.17, 15) is 4.79 Å². The van der Waals surface area contributed by atoms with E-state index in [1.807, 2.05) is 0 Å². The van der Waals surface area contributed by atoms with Crippen LogP contribution in [0.2, 0.25) is 0 Å². The van der Waals surface area contributed by atoms with Gasteiger partial charge in [-0.1, -0.05) is 12.1 Å². The molecule has 2 aromatic heterocycles. The molecule has 3 rings (SSSR count). The number of nitrogen functional groups attached to an aromatic ring is 1. The monoisotopic (exact) mass is 299 g/mol. The number of carboxylic acid groups (broad SMARTS) is 1. The van der Waals surface area contributed by atoms with Gasteiger partial charge in [-0.2, -0.15) is 10.1 Å². The molecule has 0 saturated carbocycles. The van der Waals surface area contributed by atoms with E-state index < -0.39 is 5.97 Å². The van der Waals surface area contributed by atoms with Gasteiger partial charge in [0.1, 0.15) is 0 Å². The van der Waals surface area contributed by atoms with Crippen LogP contribution in [0.1, 0.15) is 15.9 Å². The molecule has 0 unspecified atom stereocenters. The van der Waals surface area contributed by atoms with Crippen molar-refractivity contribution in [1.82, 2.24) is 20.3 Å². The van der Waals surface area contributed by atoms with Crippen molar-refractivity contribution < 1.29 is 14.5 Å². The smallest absolute Gasteiger partial charge is 0.335 e. The number of nitrogens with two attached hydrogens (primary N) is 1. The molecule has 0 radical (unpaired) electrons. The number of anilines is 2. The molecule has 0 amide bonds. The van der Waals surface area contributed by atoms with Gasteiger partial charge in [0.25, 0.3) is 0 Å². The maximum atomic E-state index is 10.7. The van der Waals surface area contributed by atoms with Crippen LogP contribution in [-0.2, 0) is 0 Å². The molecule has 0 spiro atoms. The molecular weight excluding hydrogens is 290 g/mol. The van der Waals surface area contributed by atoms with Crippen molar-refractivity contribution in [2.24, 2.45) is 5.10 Å². The number of fused-ring (bicyclic) bond motifs is 1. The van der Waals surface area contributed by atoms with Crippen molar-refractivity contribution in [3.63, 3.8) is 0 Å². The van der Waals surface area contributed by atoms with Gasteiger partial charge < -0.3 is 10.8 Å². The van der Waals surface area contributed by atoms with E-state index >= 15 is 0 Å². The first-order chi connectivity index (χ1) is 10.6. The zero-order valence-corrected chi connectivity index (χ0v) is 11.0. The van der Waals surface area contributed by atoms with Gasteiger partial charge in [-0.3, -0.25) is 5.43 Å². The number of nitrogens with zero attached hydrogens (tertiary/aromatic N) is 5. The normalized spacial score (nSPS) is 11.1. The number of benzene rings is 1. The summed E-state index contributed by atoms with van der Waals surface area (Å²) in [6, 6.07) is 6.19. The lowest BCUT2D eigenvalue weighted by atomic mass is 10.1. The van der Waals surface area contributed by atoms with E-state index in [1.54, 1.807) is 12.1 Å². The van der Waals surface area contributed by atoms with E-state index in [0.29, 0.717) is 5.56 Å². The fourth-order valence-electron chi connectivity index (χ4n) is 1.61. The highest BCUT2D eigenvalue weighted by Crippen LogP contribution is 2.15. The fraction of sp³-hybridized carbons (Fsp3) is 0. The maximum absolute atomic E-state index is 10.7. The average Bonchev–Trinajstić information content (AvgIpc) is 2.95. The second-order valence-corrected chi connectivity index (χ2v) is 4.17. The number of carbonyl (C=O) groups is 1. The molecule has 4 N–H and O–H groups in total. The quantitative estimate of drug-likeness (QED) is 0.467. The van der Waals surface area contributed by atoms with Gasteiger partial charge in [0.2, 0.25) is 11.3 Å². The Bertz CT molecular complexity index is 857. The summed E-state index contributed by atoms with van der Waals surface area (Å²) >= 11 is 0. The van der Waals surface area contributed by atoms with Gasteiger partial charge in [-0.25, -0.2) is 14.4 Å². The van der Waals surface area contributed by atoms with Crippen LogP contribution in [0.5, 0.6) is 0 Å². The summed E-state index contributed by atoms with van der Waals surface area (Å²) in [5.41, 5.74) is 9.63. The third-order valence-electron chi connectivity index (χ3n) is 2.68. The molecule has 1 aromatic carbocycles. The van der Waals surface area contributed by atoms with Crippen molar-refractivity contribution in [3.05, 3.63) is 35.4 Å². The Balaban J connectivity index is 1.75. The number of nitrogens with one attached hydrogen (secondary N) is 1. The lowest BCUT2D eigenvalue weighted by Gasteiger charge is -2.01. The van der Waals surface area contributed by atoms with Crippen molar-refractivity contribution in [2.75, 3.05) is 11.2 Å². The van der Waals surface area contributed by atoms with E-state index in [4.69, 9.17) is 10.8 Å². The Labute approximate surface area is 122 Å². The van der Waals surface area contributed by atoms with Crippen LogP contribution >= 0.6 is 0 Å². The largest absolute Gasteiger partial charge is 0.478 e. The lowest BCUT2D eigenvalue weighted by Crippen LogP contribution is -2.02. The molecule has 22 heavy (non-hydrogen) atoms. The van der Waals surface area contributed by atoms with Crippen LogP contribution in [0.4, 0.5) is 11.6 Å². The third kappa shape index (κ3) is 2.65. The molecule has 0 aliphatic carbocycles. The molecule has 0 fully saturated rings. The van der Waals surface area contributed by atoms with Crippen LogP contribution < -0.4 is 11.2 Å². The summed E-state index contributed by atoms with van der Waals surface area (Å²) in [6.07, 6.45) is 1.48. The molecule has 3 aromatic rings. The fourth-order valence-corrected chi connectivity index (χ4v) is 1.61. The number of hydrogen-bond acceptors (Lipinski definition) is 9. The Kier molecular flexibility index (Phi) is 3.32. The van der Waals surface area contributed by atoms with Crippen LogP contribution in [0.3, 0.4) is 0 Å². The van der Waals surface area contributed by atoms with Gasteiger partial charge in [-0.15, -0.1) is 0 Å². The average molecular weight is 299 g/mol. The van der Waals surface area contributed by atoms with Crippen molar-refractivity contribution >= 4 is 35.1 Å². The van der Waals surface area contributed by atoms with Gasteiger partial charge in [-0.05, 0) is 28.0 Å². The maximum Gasteiger partial charge on any atom is 0.335 e. The minimum Gasteiger partial charge on any atom is -0.478 e. The highest BCUT2D eigenvalue weighted by molar-refractivity contribution is 5.89. The molecule has 10 heteroatoms. The molecule has 10 nitrogen and oxygen atoms in total. The first-order valence-electron chi connectivity index (χ1n) is 6.02. The Morgan fingerprint density at radius 2 is 1.91 bits per heavy atom. The number of hydrogen-bond donors (Lipinski definition) is 3. The highest BCUT2D eigenvalue weighted by Gasteiger charge is 2.09. The summed E-state index contributed by atoms with van der Waals surface area (Å²) in [4.78, 5) is 18.7. The predicted octanol–water partition coefficient (Wildman–Crippen LogP) is 0.739. The first kappa shape index (κ1) is 13.4. The van der Waals surface area contributed by atoms with Gasteiger partial charge in [0.15, 0.2) is 11.6 Å². The van der Waals surface area contributed by atoms with E-state index in [2.05, 4.69) is 35.4 Å². The topological polar surface area (TPSA) is 152 Å². The standard InChI is InChI=1S/C12H9N7O3/c13-8-9(16-11-10(15-8)18-22-19-11)17-14-5-6-1-3-7(4-2-6)12(20)21/h1-5H,(H,20,21)(H2,13,15,18)(H,16,17,19). The number of hydrazone groups is 1. The highest BCUT2D eigenvalue weighted by atomic mass is 16.6. The van der Waals surface area contributed by atoms with Crippen molar-refractivity contribution in [3.8, 4) is 0 Å². The lowest BCUT2D eigenvalue weighted by molar-refractivity contribution is 0.0697. The summed E-state index contributed by atoms with van der Waals surface area (Å²) < 4.78 is 4.48. The Morgan fingerprint density at radius 3 is 2.59 bits per heavy atom. The molecule has 0 bridgehead atoms. The van der Waals surface area contributed by atoms with Gasteiger partial charge in [0.05, 0.1) is 11.8 Å². The second-order valence-electron chi connectivity index (χ2n) is 4.17. The van der Waals surface area contributed by atoms with E-state index in [1.165, 1.54) is 18.3 Å². The second kappa shape index (κ2) is 5.44. The number of rotatable bonds is 4. The molecule has 0 atom stereocenters. The number of aromatic nitrogens is 4.